The Morgan fingerprint density at radius 3 is 2.63 bits per heavy atom. The van der Waals surface area contributed by atoms with E-state index in [9.17, 15) is 14.3 Å². The SMILES string of the molecule is COC(=O)C1(Nc2cccc(Cl)c2)CCC2(CC1)c1cc([C@@H](C)O)ccc1C[C@@H]2C[C@@H](C)COc1ccnc2c1[C@H](C)CC[C@H]2F. The molecule has 0 saturated heterocycles. The maximum Gasteiger partial charge on any atom is 0.331 e. The summed E-state index contributed by atoms with van der Waals surface area (Å²) in [5.41, 5.74) is 4.78. The first-order chi connectivity index (χ1) is 22.0. The summed E-state index contributed by atoms with van der Waals surface area (Å²) < 4.78 is 26.5. The van der Waals surface area contributed by atoms with Crippen LogP contribution in [0.4, 0.5) is 10.1 Å². The molecule has 0 bridgehead atoms. The summed E-state index contributed by atoms with van der Waals surface area (Å²) in [5, 5.41) is 14.6. The first kappa shape index (κ1) is 32.8. The van der Waals surface area contributed by atoms with Crippen molar-refractivity contribution in [3.63, 3.8) is 0 Å². The smallest absolute Gasteiger partial charge is 0.331 e. The summed E-state index contributed by atoms with van der Waals surface area (Å²) >= 11 is 6.29. The lowest BCUT2D eigenvalue weighted by atomic mass is 9.59. The van der Waals surface area contributed by atoms with Gasteiger partial charge in [-0.3, -0.25) is 4.98 Å². The summed E-state index contributed by atoms with van der Waals surface area (Å²) in [6, 6.07) is 15.8. The number of methoxy groups -OCH3 is 1. The monoisotopic (exact) mass is 648 g/mol. The van der Waals surface area contributed by atoms with Crippen LogP contribution in [0.3, 0.4) is 0 Å². The van der Waals surface area contributed by atoms with E-state index < -0.39 is 17.8 Å². The molecule has 1 fully saturated rings. The molecule has 1 saturated carbocycles. The first-order valence-electron chi connectivity index (χ1n) is 16.7. The Kier molecular flexibility index (Phi) is 9.37. The number of anilines is 1. The van der Waals surface area contributed by atoms with Crippen molar-refractivity contribution in [1.82, 2.24) is 4.98 Å². The van der Waals surface area contributed by atoms with Gasteiger partial charge in [0.05, 0.1) is 25.5 Å². The van der Waals surface area contributed by atoms with Crippen molar-refractivity contribution in [3.05, 3.63) is 87.7 Å². The van der Waals surface area contributed by atoms with Gasteiger partial charge in [-0.1, -0.05) is 49.7 Å². The molecular weight excluding hydrogens is 603 g/mol. The van der Waals surface area contributed by atoms with E-state index in [0.29, 0.717) is 42.5 Å². The normalized spacial score (nSPS) is 28.2. The Labute approximate surface area is 277 Å². The van der Waals surface area contributed by atoms with Gasteiger partial charge in [-0.15, -0.1) is 0 Å². The van der Waals surface area contributed by atoms with Crippen LogP contribution < -0.4 is 10.1 Å². The molecule has 1 heterocycles. The molecule has 8 heteroatoms. The fourth-order valence-corrected chi connectivity index (χ4v) is 8.70. The summed E-state index contributed by atoms with van der Waals surface area (Å²) in [7, 11) is 1.45. The minimum absolute atomic E-state index is 0.145. The zero-order valence-corrected chi connectivity index (χ0v) is 28.1. The van der Waals surface area contributed by atoms with Crippen molar-refractivity contribution in [2.45, 2.75) is 101 Å². The number of aliphatic hydroxyl groups excluding tert-OH is 1. The quantitative estimate of drug-likeness (QED) is 0.226. The zero-order valence-electron chi connectivity index (χ0n) is 27.3. The number of rotatable bonds is 9. The molecule has 3 aliphatic carbocycles. The van der Waals surface area contributed by atoms with Crippen LogP contribution in [0.25, 0.3) is 0 Å². The van der Waals surface area contributed by atoms with Crippen LogP contribution in [0.2, 0.25) is 5.02 Å². The highest BCUT2D eigenvalue weighted by Gasteiger charge is 2.54. The number of carbonyl (C=O) groups is 1. The molecule has 0 aliphatic heterocycles. The molecule has 0 radical (unpaired) electrons. The summed E-state index contributed by atoms with van der Waals surface area (Å²) in [5.74, 6) is 1.29. The Morgan fingerprint density at radius 1 is 1.13 bits per heavy atom. The van der Waals surface area contributed by atoms with Gasteiger partial charge in [0.15, 0.2) is 0 Å². The predicted molar refractivity (Wildman–Crippen MR) is 179 cm³/mol. The van der Waals surface area contributed by atoms with E-state index in [4.69, 9.17) is 21.1 Å². The molecule has 3 aromatic rings. The number of aliphatic hydroxyl groups is 1. The molecule has 6 rings (SSSR count). The van der Waals surface area contributed by atoms with Gasteiger partial charge in [-0.05, 0) is 122 Å². The number of pyridine rings is 1. The topological polar surface area (TPSA) is 80.7 Å². The largest absolute Gasteiger partial charge is 0.493 e. The lowest BCUT2D eigenvalue weighted by molar-refractivity contribution is -0.148. The minimum Gasteiger partial charge on any atom is -0.493 e. The van der Waals surface area contributed by atoms with Gasteiger partial charge in [-0.2, -0.15) is 0 Å². The third-order valence-electron chi connectivity index (χ3n) is 11.0. The number of hydrogen-bond donors (Lipinski definition) is 2. The number of ether oxygens (including phenoxy) is 2. The van der Waals surface area contributed by atoms with Gasteiger partial charge >= 0.3 is 5.97 Å². The van der Waals surface area contributed by atoms with Crippen molar-refractivity contribution in [1.29, 1.82) is 0 Å². The molecule has 5 atom stereocenters. The Hall–Kier alpha value is -3.16. The van der Waals surface area contributed by atoms with Gasteiger partial charge in [0, 0.05) is 22.5 Å². The van der Waals surface area contributed by atoms with Crippen LogP contribution in [0, 0.1) is 11.8 Å². The lowest BCUT2D eigenvalue weighted by Crippen LogP contribution is -2.53. The van der Waals surface area contributed by atoms with Gasteiger partial charge in [-0.25, -0.2) is 9.18 Å². The number of nitrogens with zero attached hydrogens (tertiary/aromatic N) is 1. The predicted octanol–water partition coefficient (Wildman–Crippen LogP) is 8.81. The maximum atomic E-state index is 14.7. The number of esters is 1. The number of carbonyl (C=O) groups excluding carboxylic acids is 1. The zero-order chi connectivity index (χ0) is 32.6. The molecule has 246 valence electrons. The highest BCUT2D eigenvalue weighted by atomic mass is 35.5. The number of benzene rings is 2. The van der Waals surface area contributed by atoms with Crippen LogP contribution in [0.5, 0.6) is 5.75 Å². The van der Waals surface area contributed by atoms with E-state index in [0.717, 1.165) is 54.7 Å². The number of nitrogens with one attached hydrogen (secondary N) is 1. The average Bonchev–Trinajstić information content (AvgIpc) is 3.33. The molecule has 2 aromatic carbocycles. The number of hydrogen-bond acceptors (Lipinski definition) is 6. The molecule has 2 N–H and O–H groups in total. The average molecular weight is 649 g/mol. The second-order valence-corrected chi connectivity index (χ2v) is 14.5. The standard InChI is InChI=1S/C38H46ClFN2O4/c1-23(22-46-33-12-17-41-35-32(40)11-8-24(2)34(33)35)18-28-19-27-10-9-26(25(3)43)20-31(27)37(28)13-15-38(16-14-37,36(44)45-4)42-30-7-5-6-29(39)21-30/h5-7,9-10,12,17,20-21,23-25,28,32,42-43H,8,11,13-16,18-19,22H2,1-4H3/t23-,24-,25-,28+,32-,37?,38?/m1/s1. The lowest BCUT2D eigenvalue weighted by Gasteiger charge is -2.48. The summed E-state index contributed by atoms with van der Waals surface area (Å²) in [6.45, 7) is 6.70. The summed E-state index contributed by atoms with van der Waals surface area (Å²) in [4.78, 5) is 17.8. The van der Waals surface area contributed by atoms with Crippen LogP contribution in [0.1, 0.15) is 112 Å². The van der Waals surface area contributed by atoms with Crippen molar-refractivity contribution in [2.75, 3.05) is 19.0 Å². The number of fused-ring (bicyclic) bond motifs is 3. The van der Waals surface area contributed by atoms with Crippen molar-refractivity contribution in [2.24, 2.45) is 11.8 Å². The van der Waals surface area contributed by atoms with Crippen LogP contribution in [0.15, 0.2) is 54.7 Å². The maximum absolute atomic E-state index is 14.7. The van der Waals surface area contributed by atoms with Crippen molar-refractivity contribution in [3.8, 4) is 5.75 Å². The van der Waals surface area contributed by atoms with E-state index in [2.05, 4.69) is 36.3 Å². The molecule has 6 nitrogen and oxygen atoms in total. The summed E-state index contributed by atoms with van der Waals surface area (Å²) in [6.07, 6.45) is 6.08. The van der Waals surface area contributed by atoms with Crippen LogP contribution >= 0.6 is 11.6 Å². The van der Waals surface area contributed by atoms with E-state index in [1.807, 2.05) is 43.3 Å². The Balaban J connectivity index is 1.25. The van der Waals surface area contributed by atoms with Gasteiger partial charge in [0.1, 0.15) is 17.5 Å². The van der Waals surface area contributed by atoms with E-state index in [-0.39, 0.29) is 23.2 Å². The van der Waals surface area contributed by atoms with Crippen molar-refractivity contribution >= 4 is 23.3 Å². The third kappa shape index (κ3) is 6.13. The first-order valence-corrected chi connectivity index (χ1v) is 17.1. The van der Waals surface area contributed by atoms with Gasteiger partial charge in [0.2, 0.25) is 0 Å². The molecule has 1 aromatic heterocycles. The van der Waals surface area contributed by atoms with Crippen LogP contribution in [-0.4, -0.2) is 35.3 Å². The molecule has 3 aliphatic rings. The molecule has 1 spiro atoms. The Bertz CT molecular complexity index is 1570. The highest BCUT2D eigenvalue weighted by molar-refractivity contribution is 6.30. The molecule has 0 amide bonds. The number of aromatic nitrogens is 1. The highest BCUT2D eigenvalue weighted by Crippen LogP contribution is 2.56. The van der Waals surface area contributed by atoms with Crippen molar-refractivity contribution < 1.29 is 23.8 Å². The fraction of sp³-hybridized carbons (Fsp3) is 0.526. The molecule has 46 heavy (non-hydrogen) atoms. The Morgan fingerprint density at radius 2 is 1.91 bits per heavy atom. The van der Waals surface area contributed by atoms with E-state index in [1.54, 1.807) is 6.20 Å². The van der Waals surface area contributed by atoms with E-state index in [1.165, 1.54) is 18.2 Å². The van der Waals surface area contributed by atoms with Gasteiger partial charge in [0.25, 0.3) is 0 Å². The third-order valence-corrected chi connectivity index (χ3v) is 11.2. The fourth-order valence-electron chi connectivity index (χ4n) is 8.51. The second kappa shape index (κ2) is 13.2. The second-order valence-electron chi connectivity index (χ2n) is 14.1. The molecule has 0 unspecified atom stereocenters. The number of halogens is 2. The minimum atomic E-state index is -1.03. The molecular formula is C38H46ClFN2O4. The van der Waals surface area contributed by atoms with Crippen LogP contribution in [-0.2, 0) is 21.4 Å². The van der Waals surface area contributed by atoms with E-state index >= 15 is 0 Å². The number of alkyl halides is 1. The van der Waals surface area contributed by atoms with Gasteiger partial charge < -0.3 is 19.9 Å².